The van der Waals surface area contributed by atoms with Gasteiger partial charge in [0, 0.05) is 24.3 Å². The van der Waals surface area contributed by atoms with Gasteiger partial charge in [0.25, 0.3) is 5.92 Å². The number of carboxylic acid groups (broad SMARTS) is 1. The number of aromatic nitrogens is 1. The average Bonchev–Trinajstić information content (AvgIpc) is 2.83. The molecule has 0 radical (unpaired) electrons. The minimum Gasteiger partial charge on any atom is -0.481 e. The molecule has 5 nitrogen and oxygen atoms in total. The lowest BCUT2D eigenvalue weighted by molar-refractivity contribution is -0.143. The zero-order valence-electron chi connectivity index (χ0n) is 13.8. The molecule has 7 heteroatoms. The molecule has 1 fully saturated rings. The van der Waals surface area contributed by atoms with E-state index in [0.29, 0.717) is 24.7 Å². The van der Waals surface area contributed by atoms with Crippen molar-refractivity contribution in [3.8, 4) is 0 Å². The molecule has 0 amide bonds. The molecule has 1 aromatic rings. The van der Waals surface area contributed by atoms with Crippen LogP contribution in [0.5, 0.6) is 0 Å². The van der Waals surface area contributed by atoms with Crippen LogP contribution in [-0.4, -0.2) is 40.0 Å². The number of aliphatic carboxylic acids is 1. The SMILES string of the molecule is CC(C)(C)c1ncc(CN2CCC(CC(=O)O)C(F)(F)CC2)o1. The summed E-state index contributed by atoms with van der Waals surface area (Å²) in [5.74, 6) is -3.95. The molecule has 2 rings (SSSR count). The number of carboxylic acids is 1. The lowest BCUT2D eigenvalue weighted by atomic mass is 9.93. The van der Waals surface area contributed by atoms with Gasteiger partial charge < -0.3 is 9.52 Å². The summed E-state index contributed by atoms with van der Waals surface area (Å²) in [6, 6.07) is 0. The lowest BCUT2D eigenvalue weighted by Crippen LogP contribution is -2.30. The van der Waals surface area contributed by atoms with Crippen molar-refractivity contribution in [1.29, 1.82) is 0 Å². The van der Waals surface area contributed by atoms with Gasteiger partial charge in [0.1, 0.15) is 5.76 Å². The van der Waals surface area contributed by atoms with E-state index in [2.05, 4.69) is 4.98 Å². The molecule has 0 bridgehead atoms. The first-order valence-corrected chi connectivity index (χ1v) is 7.85. The first-order valence-electron chi connectivity index (χ1n) is 7.85. The summed E-state index contributed by atoms with van der Waals surface area (Å²) in [6.07, 6.45) is 0.987. The summed E-state index contributed by atoms with van der Waals surface area (Å²) in [6.45, 7) is 7.04. The molecule has 1 aliphatic heterocycles. The Morgan fingerprint density at radius 3 is 2.74 bits per heavy atom. The minimum absolute atomic E-state index is 0.166. The van der Waals surface area contributed by atoms with Crippen LogP contribution in [0.25, 0.3) is 0 Å². The number of carbonyl (C=O) groups is 1. The van der Waals surface area contributed by atoms with E-state index in [0.717, 1.165) is 0 Å². The molecular formula is C16H24F2N2O3. The van der Waals surface area contributed by atoms with E-state index in [1.807, 2.05) is 25.7 Å². The van der Waals surface area contributed by atoms with Gasteiger partial charge in [-0.25, -0.2) is 13.8 Å². The van der Waals surface area contributed by atoms with Gasteiger partial charge in [-0.2, -0.15) is 0 Å². The molecule has 0 aliphatic carbocycles. The van der Waals surface area contributed by atoms with Gasteiger partial charge in [0.15, 0.2) is 5.89 Å². The van der Waals surface area contributed by atoms with Crippen molar-refractivity contribution in [2.24, 2.45) is 5.92 Å². The number of rotatable bonds is 4. The largest absolute Gasteiger partial charge is 0.481 e. The fourth-order valence-corrected chi connectivity index (χ4v) is 2.74. The van der Waals surface area contributed by atoms with Gasteiger partial charge in [0.2, 0.25) is 0 Å². The number of likely N-dealkylation sites (tertiary alicyclic amines) is 1. The third-order valence-electron chi connectivity index (χ3n) is 4.15. The maximum absolute atomic E-state index is 14.0. The Kier molecular flexibility index (Phi) is 5.08. The molecule has 1 aliphatic rings. The smallest absolute Gasteiger partial charge is 0.303 e. The van der Waals surface area contributed by atoms with Crippen molar-refractivity contribution in [2.45, 2.75) is 57.9 Å². The second-order valence-corrected chi connectivity index (χ2v) is 7.25. The number of alkyl halides is 2. The molecule has 0 spiro atoms. The minimum atomic E-state index is -2.94. The molecule has 0 aromatic carbocycles. The van der Waals surface area contributed by atoms with Crippen molar-refractivity contribution in [2.75, 3.05) is 13.1 Å². The molecule has 2 heterocycles. The Labute approximate surface area is 134 Å². The first-order chi connectivity index (χ1) is 10.6. The van der Waals surface area contributed by atoms with Gasteiger partial charge in [0.05, 0.1) is 19.2 Å². The number of hydrogen-bond donors (Lipinski definition) is 1. The molecule has 1 aromatic heterocycles. The maximum atomic E-state index is 14.0. The van der Waals surface area contributed by atoms with Crippen molar-refractivity contribution in [1.82, 2.24) is 9.88 Å². The van der Waals surface area contributed by atoms with E-state index >= 15 is 0 Å². The molecule has 1 unspecified atom stereocenters. The predicted octanol–water partition coefficient (Wildman–Crippen LogP) is 3.29. The average molecular weight is 330 g/mol. The van der Waals surface area contributed by atoms with E-state index in [-0.39, 0.29) is 24.8 Å². The third kappa shape index (κ3) is 4.73. The quantitative estimate of drug-likeness (QED) is 0.917. The fraction of sp³-hybridized carbons (Fsp3) is 0.750. The van der Waals surface area contributed by atoms with Gasteiger partial charge >= 0.3 is 5.97 Å². The van der Waals surface area contributed by atoms with Crippen LogP contribution in [0.15, 0.2) is 10.6 Å². The number of halogens is 2. The molecule has 1 saturated heterocycles. The van der Waals surface area contributed by atoms with E-state index in [9.17, 15) is 13.6 Å². The first kappa shape index (κ1) is 17.8. The highest BCUT2D eigenvalue weighted by Crippen LogP contribution is 2.36. The summed E-state index contributed by atoms with van der Waals surface area (Å²) in [7, 11) is 0. The summed E-state index contributed by atoms with van der Waals surface area (Å²) >= 11 is 0. The summed E-state index contributed by atoms with van der Waals surface area (Å²) in [4.78, 5) is 16.9. The topological polar surface area (TPSA) is 66.6 Å². The molecule has 130 valence electrons. The van der Waals surface area contributed by atoms with E-state index in [1.165, 1.54) is 0 Å². The van der Waals surface area contributed by atoms with Gasteiger partial charge in [-0.15, -0.1) is 0 Å². The van der Waals surface area contributed by atoms with Crippen LogP contribution >= 0.6 is 0 Å². The van der Waals surface area contributed by atoms with Crippen LogP contribution in [0.2, 0.25) is 0 Å². The van der Waals surface area contributed by atoms with Crippen LogP contribution in [0.3, 0.4) is 0 Å². The highest BCUT2D eigenvalue weighted by molar-refractivity contribution is 5.67. The molecule has 1 N–H and O–H groups in total. The number of hydrogen-bond acceptors (Lipinski definition) is 4. The second-order valence-electron chi connectivity index (χ2n) is 7.25. The van der Waals surface area contributed by atoms with Crippen LogP contribution in [-0.2, 0) is 16.8 Å². The Bertz CT molecular complexity index is 552. The van der Waals surface area contributed by atoms with Crippen LogP contribution < -0.4 is 0 Å². The normalized spacial score (nSPS) is 22.7. The van der Waals surface area contributed by atoms with Crippen molar-refractivity contribution < 1.29 is 23.1 Å². The summed E-state index contributed by atoms with van der Waals surface area (Å²) < 4.78 is 33.8. The molecule has 1 atom stereocenters. The summed E-state index contributed by atoms with van der Waals surface area (Å²) in [5, 5.41) is 8.80. The van der Waals surface area contributed by atoms with Gasteiger partial charge in [-0.3, -0.25) is 9.69 Å². The Hall–Kier alpha value is -1.50. The van der Waals surface area contributed by atoms with Crippen LogP contribution in [0.1, 0.15) is 51.7 Å². The van der Waals surface area contributed by atoms with Crippen LogP contribution in [0, 0.1) is 5.92 Å². The zero-order chi connectivity index (χ0) is 17.3. The second kappa shape index (κ2) is 6.55. The monoisotopic (exact) mass is 330 g/mol. The number of nitrogens with zero attached hydrogens (tertiary/aromatic N) is 2. The van der Waals surface area contributed by atoms with Crippen molar-refractivity contribution in [3.63, 3.8) is 0 Å². The fourth-order valence-electron chi connectivity index (χ4n) is 2.74. The molecular weight excluding hydrogens is 306 g/mol. The Morgan fingerprint density at radius 1 is 1.48 bits per heavy atom. The Morgan fingerprint density at radius 2 is 2.17 bits per heavy atom. The van der Waals surface area contributed by atoms with E-state index in [4.69, 9.17) is 9.52 Å². The number of oxazole rings is 1. The van der Waals surface area contributed by atoms with E-state index < -0.39 is 24.2 Å². The van der Waals surface area contributed by atoms with Crippen LogP contribution in [0.4, 0.5) is 8.78 Å². The molecule has 23 heavy (non-hydrogen) atoms. The maximum Gasteiger partial charge on any atom is 0.303 e. The Balaban J connectivity index is 2.00. The highest BCUT2D eigenvalue weighted by Gasteiger charge is 2.42. The highest BCUT2D eigenvalue weighted by atomic mass is 19.3. The molecule has 0 saturated carbocycles. The lowest BCUT2D eigenvalue weighted by Gasteiger charge is -2.22. The predicted molar refractivity (Wildman–Crippen MR) is 80.4 cm³/mol. The van der Waals surface area contributed by atoms with Gasteiger partial charge in [-0.05, 0) is 13.0 Å². The third-order valence-corrected chi connectivity index (χ3v) is 4.15. The van der Waals surface area contributed by atoms with Crippen molar-refractivity contribution >= 4 is 5.97 Å². The van der Waals surface area contributed by atoms with E-state index in [1.54, 1.807) is 6.20 Å². The standard InChI is InChI=1S/C16H24F2N2O3/c1-15(2,3)14-19-9-12(23-14)10-20-6-4-11(8-13(21)22)16(17,18)5-7-20/h9,11H,4-8,10H2,1-3H3,(H,21,22). The summed E-state index contributed by atoms with van der Waals surface area (Å²) in [5.41, 5.74) is -0.198. The van der Waals surface area contributed by atoms with Crippen molar-refractivity contribution in [3.05, 3.63) is 17.8 Å². The zero-order valence-corrected chi connectivity index (χ0v) is 13.8. The van der Waals surface area contributed by atoms with Gasteiger partial charge in [-0.1, -0.05) is 20.8 Å².